The standard InChI is InChI=1S/C58H109NO5/c1-3-5-7-9-11-13-15-17-19-24-28-32-36-40-44-48-52-58(63)64-53-49-45-41-37-33-29-25-21-20-23-27-31-35-39-43-47-51-57(62)59-55(54-60)56(61)50-46-42-38-34-30-26-22-18-16-14-12-10-8-6-4-2/h13,15,19,24,46,50,55-56,60-61H,3-12,14,16-18,20-23,25-45,47-49,51-54H2,1-2H3,(H,59,62)/b15-13-,24-19-,50-46+. The van der Waals surface area contributed by atoms with Crippen LogP contribution in [0.25, 0.3) is 0 Å². The number of ether oxygens (including phenoxy) is 1. The molecule has 0 spiro atoms. The van der Waals surface area contributed by atoms with Crippen LogP contribution in [0, 0.1) is 0 Å². The highest BCUT2D eigenvalue weighted by Gasteiger charge is 2.18. The molecule has 1 amide bonds. The number of carbonyl (C=O) groups excluding carboxylic acids is 2. The second-order valence-electron chi connectivity index (χ2n) is 19.3. The third-order valence-corrected chi connectivity index (χ3v) is 12.9. The molecule has 0 aliphatic heterocycles. The molecule has 3 N–H and O–H groups in total. The summed E-state index contributed by atoms with van der Waals surface area (Å²) in [5, 5.41) is 23.1. The second kappa shape index (κ2) is 53.7. The Labute approximate surface area is 398 Å². The average Bonchev–Trinajstić information content (AvgIpc) is 3.29. The molecule has 0 saturated heterocycles. The number of nitrogens with one attached hydrogen (secondary N) is 1. The average molecular weight is 901 g/mol. The monoisotopic (exact) mass is 900 g/mol. The van der Waals surface area contributed by atoms with Crippen LogP contribution in [0.4, 0.5) is 0 Å². The fraction of sp³-hybridized carbons (Fsp3) is 0.862. The maximum Gasteiger partial charge on any atom is 0.305 e. The number of hydrogen-bond acceptors (Lipinski definition) is 5. The summed E-state index contributed by atoms with van der Waals surface area (Å²) >= 11 is 0. The highest BCUT2D eigenvalue weighted by molar-refractivity contribution is 5.76. The molecule has 6 nitrogen and oxygen atoms in total. The van der Waals surface area contributed by atoms with Crippen molar-refractivity contribution in [2.75, 3.05) is 13.2 Å². The predicted molar refractivity (Wildman–Crippen MR) is 278 cm³/mol. The van der Waals surface area contributed by atoms with Crippen LogP contribution in [0.2, 0.25) is 0 Å². The van der Waals surface area contributed by atoms with Crippen molar-refractivity contribution in [1.82, 2.24) is 5.32 Å². The summed E-state index contributed by atoms with van der Waals surface area (Å²) in [6.45, 7) is 4.87. The molecule has 0 radical (unpaired) electrons. The Kier molecular flexibility index (Phi) is 52.1. The van der Waals surface area contributed by atoms with Gasteiger partial charge in [-0.25, -0.2) is 0 Å². The highest BCUT2D eigenvalue weighted by atomic mass is 16.5. The van der Waals surface area contributed by atoms with E-state index in [1.165, 1.54) is 212 Å². The number of aliphatic hydroxyl groups is 2. The normalized spacial score (nSPS) is 12.9. The largest absolute Gasteiger partial charge is 0.466 e. The zero-order valence-corrected chi connectivity index (χ0v) is 42.8. The van der Waals surface area contributed by atoms with Gasteiger partial charge in [0.1, 0.15) is 0 Å². The molecule has 6 heteroatoms. The van der Waals surface area contributed by atoms with Crippen molar-refractivity contribution in [3.8, 4) is 0 Å². The minimum atomic E-state index is -0.849. The molecule has 0 saturated carbocycles. The molecular formula is C58H109NO5. The third-order valence-electron chi connectivity index (χ3n) is 12.9. The molecule has 0 aromatic carbocycles. The number of unbranched alkanes of at least 4 members (excludes halogenated alkanes) is 37. The van der Waals surface area contributed by atoms with Crippen molar-refractivity contribution in [3.63, 3.8) is 0 Å². The molecule has 2 unspecified atom stereocenters. The molecule has 0 heterocycles. The van der Waals surface area contributed by atoms with E-state index in [4.69, 9.17) is 4.74 Å². The van der Waals surface area contributed by atoms with Gasteiger partial charge in [-0.15, -0.1) is 0 Å². The van der Waals surface area contributed by atoms with Crippen LogP contribution in [-0.4, -0.2) is 47.4 Å². The van der Waals surface area contributed by atoms with E-state index in [0.29, 0.717) is 19.4 Å². The van der Waals surface area contributed by atoms with Crippen LogP contribution < -0.4 is 5.32 Å². The van der Waals surface area contributed by atoms with Gasteiger partial charge in [0.2, 0.25) is 5.91 Å². The summed E-state index contributed by atoms with van der Waals surface area (Å²) in [5.41, 5.74) is 0. The van der Waals surface area contributed by atoms with E-state index in [1.54, 1.807) is 6.08 Å². The van der Waals surface area contributed by atoms with Crippen molar-refractivity contribution in [1.29, 1.82) is 0 Å². The van der Waals surface area contributed by atoms with Gasteiger partial charge >= 0.3 is 5.97 Å². The Morgan fingerprint density at radius 3 is 1.20 bits per heavy atom. The molecule has 376 valence electrons. The maximum absolute atomic E-state index is 12.4. The van der Waals surface area contributed by atoms with Gasteiger partial charge < -0.3 is 20.3 Å². The highest BCUT2D eigenvalue weighted by Crippen LogP contribution is 2.16. The molecule has 0 bridgehead atoms. The lowest BCUT2D eigenvalue weighted by atomic mass is 10.0. The predicted octanol–water partition coefficient (Wildman–Crippen LogP) is 17.2. The summed E-state index contributed by atoms with van der Waals surface area (Å²) in [6, 6.07) is -0.633. The topological polar surface area (TPSA) is 95.9 Å². The Hall–Kier alpha value is -1.92. The van der Waals surface area contributed by atoms with E-state index in [2.05, 4.69) is 43.5 Å². The lowest BCUT2D eigenvalue weighted by Gasteiger charge is -2.20. The van der Waals surface area contributed by atoms with E-state index in [-0.39, 0.29) is 18.5 Å². The Bertz CT molecular complexity index is 1040. The summed E-state index contributed by atoms with van der Waals surface area (Å²) in [7, 11) is 0. The first-order valence-electron chi connectivity index (χ1n) is 28.3. The summed E-state index contributed by atoms with van der Waals surface area (Å²) in [6.07, 6.45) is 65.8. The number of allylic oxidation sites excluding steroid dienone is 5. The number of amides is 1. The van der Waals surface area contributed by atoms with Gasteiger partial charge in [-0.2, -0.15) is 0 Å². The first-order chi connectivity index (χ1) is 31.5. The zero-order valence-electron chi connectivity index (χ0n) is 42.8. The van der Waals surface area contributed by atoms with Gasteiger partial charge in [-0.3, -0.25) is 9.59 Å². The third kappa shape index (κ3) is 49.5. The van der Waals surface area contributed by atoms with Crippen LogP contribution in [0.5, 0.6) is 0 Å². The van der Waals surface area contributed by atoms with Crippen LogP contribution in [-0.2, 0) is 14.3 Å². The Balaban J connectivity index is 3.46. The van der Waals surface area contributed by atoms with Gasteiger partial charge in [0.05, 0.1) is 25.4 Å². The van der Waals surface area contributed by atoms with Crippen molar-refractivity contribution in [2.24, 2.45) is 0 Å². The van der Waals surface area contributed by atoms with E-state index < -0.39 is 12.1 Å². The van der Waals surface area contributed by atoms with Crippen molar-refractivity contribution >= 4 is 11.9 Å². The molecule has 0 aliphatic carbocycles. The number of hydrogen-bond donors (Lipinski definition) is 3. The first-order valence-corrected chi connectivity index (χ1v) is 28.3. The van der Waals surface area contributed by atoms with E-state index in [0.717, 1.165) is 57.8 Å². The second-order valence-corrected chi connectivity index (χ2v) is 19.3. The molecule has 0 rings (SSSR count). The fourth-order valence-corrected chi connectivity index (χ4v) is 8.55. The van der Waals surface area contributed by atoms with Gasteiger partial charge in [-0.1, -0.05) is 256 Å². The van der Waals surface area contributed by atoms with Crippen molar-refractivity contribution in [2.45, 2.75) is 309 Å². The van der Waals surface area contributed by atoms with E-state index in [9.17, 15) is 19.8 Å². The van der Waals surface area contributed by atoms with Gasteiger partial charge in [0, 0.05) is 12.8 Å². The quantitative estimate of drug-likeness (QED) is 0.0321. The molecule has 2 atom stereocenters. The van der Waals surface area contributed by atoms with Crippen LogP contribution in [0.3, 0.4) is 0 Å². The van der Waals surface area contributed by atoms with Crippen LogP contribution in [0.15, 0.2) is 36.5 Å². The van der Waals surface area contributed by atoms with Crippen LogP contribution >= 0.6 is 0 Å². The minimum Gasteiger partial charge on any atom is -0.466 e. The maximum atomic E-state index is 12.4. The molecule has 0 aliphatic rings. The fourth-order valence-electron chi connectivity index (χ4n) is 8.55. The lowest BCUT2D eigenvalue weighted by molar-refractivity contribution is -0.143. The Morgan fingerprint density at radius 1 is 0.438 bits per heavy atom. The lowest BCUT2D eigenvalue weighted by Crippen LogP contribution is -2.45. The number of carbonyl (C=O) groups is 2. The molecule has 64 heavy (non-hydrogen) atoms. The molecular weight excluding hydrogens is 791 g/mol. The Morgan fingerprint density at radius 2 is 0.781 bits per heavy atom. The zero-order chi connectivity index (χ0) is 46.5. The van der Waals surface area contributed by atoms with Crippen LogP contribution in [0.1, 0.15) is 296 Å². The van der Waals surface area contributed by atoms with Crippen molar-refractivity contribution < 1.29 is 24.5 Å². The molecule has 0 aromatic rings. The summed E-state index contributed by atoms with van der Waals surface area (Å²) in [5.74, 6) is -0.0863. The number of rotatable bonds is 52. The summed E-state index contributed by atoms with van der Waals surface area (Å²) in [4.78, 5) is 24.5. The number of aliphatic hydroxyl groups excluding tert-OH is 2. The summed E-state index contributed by atoms with van der Waals surface area (Å²) < 4.78 is 5.47. The smallest absolute Gasteiger partial charge is 0.305 e. The molecule has 0 aromatic heterocycles. The first kappa shape index (κ1) is 62.1. The van der Waals surface area contributed by atoms with Gasteiger partial charge in [-0.05, 0) is 64.2 Å². The van der Waals surface area contributed by atoms with Gasteiger partial charge in [0.15, 0.2) is 0 Å². The van der Waals surface area contributed by atoms with Gasteiger partial charge in [0.25, 0.3) is 0 Å². The van der Waals surface area contributed by atoms with Crippen molar-refractivity contribution in [3.05, 3.63) is 36.5 Å². The minimum absolute atomic E-state index is 0.0115. The molecule has 0 fully saturated rings. The van der Waals surface area contributed by atoms with E-state index >= 15 is 0 Å². The van der Waals surface area contributed by atoms with E-state index in [1.807, 2.05) is 6.08 Å². The number of esters is 1. The SMILES string of the molecule is CCCCCC/C=C\C/C=C\CCCCCCCC(=O)OCCCCCCCCCCCCCCCCCCC(=O)NC(CO)C(O)/C=C/CCCCCCCCCCCCCCC.